The molecule has 0 bridgehead atoms. The van der Waals surface area contributed by atoms with Gasteiger partial charge in [0.2, 0.25) is 5.78 Å². The molecule has 0 saturated carbocycles. The van der Waals surface area contributed by atoms with Crippen LogP contribution in [0.25, 0.3) is 6.08 Å². The number of benzene rings is 1. The van der Waals surface area contributed by atoms with Crippen molar-refractivity contribution in [2.24, 2.45) is 0 Å². The number of ketones is 1. The van der Waals surface area contributed by atoms with Crippen LogP contribution in [0.15, 0.2) is 35.4 Å². The monoisotopic (exact) mass is 389 g/mol. The molecule has 0 fully saturated rings. The second kappa shape index (κ2) is 9.14. The lowest BCUT2D eigenvalue weighted by Crippen LogP contribution is -2.30. The molecule has 7 heteroatoms. The molecule has 0 amide bonds. The first-order valence-electron chi connectivity index (χ1n) is 8.67. The van der Waals surface area contributed by atoms with Crippen molar-refractivity contribution in [1.29, 1.82) is 0 Å². The van der Waals surface area contributed by atoms with Crippen molar-refractivity contribution in [3.63, 3.8) is 0 Å². The average molecular weight is 389 g/mol. The highest BCUT2D eigenvalue weighted by Crippen LogP contribution is 2.40. The second-order valence-electron chi connectivity index (χ2n) is 6.16. The molecular weight excluding hydrogens is 366 g/mol. The van der Waals surface area contributed by atoms with Gasteiger partial charge in [0, 0.05) is 44.8 Å². The van der Waals surface area contributed by atoms with Gasteiger partial charge in [-0.3, -0.25) is 9.69 Å². The molecule has 2 aromatic rings. The normalized spacial score (nSPS) is 14.8. The topological polar surface area (TPSA) is 68.2 Å². The molecular formula is C20H23NO5S. The molecule has 0 unspecified atom stereocenters. The number of methoxy groups -OCH3 is 2. The Morgan fingerprint density at radius 2 is 1.93 bits per heavy atom. The van der Waals surface area contributed by atoms with Crippen molar-refractivity contribution >= 4 is 23.2 Å². The summed E-state index contributed by atoms with van der Waals surface area (Å²) in [6.07, 6.45) is 1.74. The lowest BCUT2D eigenvalue weighted by molar-refractivity contribution is 0.101. The maximum atomic E-state index is 12.7. The third-order valence-electron chi connectivity index (χ3n) is 4.34. The van der Waals surface area contributed by atoms with E-state index < -0.39 is 0 Å². The number of allylic oxidation sites excluding steroid dienone is 1. The first-order chi connectivity index (χ1) is 13.1. The summed E-state index contributed by atoms with van der Waals surface area (Å²) in [4.78, 5) is 15.7. The Balaban J connectivity index is 1.87. The predicted octanol–water partition coefficient (Wildman–Crippen LogP) is 3.16. The van der Waals surface area contributed by atoms with E-state index in [9.17, 15) is 9.90 Å². The number of phenols is 1. The maximum Gasteiger partial charge on any atom is 0.232 e. The number of Topliss-reactive ketones (excluding diaryl/α,β-unsaturated/α-hetero) is 1. The van der Waals surface area contributed by atoms with Crippen LogP contribution < -0.4 is 4.74 Å². The predicted molar refractivity (Wildman–Crippen MR) is 104 cm³/mol. The highest BCUT2D eigenvalue weighted by Gasteiger charge is 2.31. The second-order valence-corrected chi connectivity index (χ2v) is 7.14. The lowest BCUT2D eigenvalue weighted by Gasteiger charge is -2.23. The van der Waals surface area contributed by atoms with Gasteiger partial charge in [0.25, 0.3) is 0 Å². The zero-order valence-corrected chi connectivity index (χ0v) is 16.3. The van der Waals surface area contributed by atoms with E-state index in [4.69, 9.17) is 14.2 Å². The van der Waals surface area contributed by atoms with Gasteiger partial charge in [-0.15, -0.1) is 11.3 Å². The molecule has 2 heterocycles. The summed E-state index contributed by atoms with van der Waals surface area (Å²) in [7, 11) is 3.30. The van der Waals surface area contributed by atoms with Crippen molar-refractivity contribution in [3.05, 3.63) is 51.4 Å². The fourth-order valence-electron chi connectivity index (χ4n) is 2.89. The minimum atomic E-state index is -0.167. The zero-order valence-electron chi connectivity index (χ0n) is 15.4. The molecule has 0 radical (unpaired) electrons. The SMILES string of the molecule is COCCN(CCOC)Cc1c(O)ccc2c1O/C(=C/c1cccs1)C2=O. The van der Waals surface area contributed by atoms with E-state index in [0.29, 0.717) is 49.7 Å². The summed E-state index contributed by atoms with van der Waals surface area (Å²) in [5.41, 5.74) is 1.08. The molecule has 1 aliphatic heterocycles. The van der Waals surface area contributed by atoms with Crippen LogP contribution >= 0.6 is 11.3 Å². The van der Waals surface area contributed by atoms with Crippen LogP contribution in [-0.2, 0) is 16.0 Å². The zero-order chi connectivity index (χ0) is 19.2. The number of carbonyl (C=O) groups is 1. The standard InChI is InChI=1S/C20H23NO5S/c1-24-9-7-21(8-10-25-2)13-16-17(22)6-5-15-19(23)18(26-20(15)16)12-14-4-3-11-27-14/h3-6,11-12,22H,7-10,13H2,1-2H3/b18-12+. The van der Waals surface area contributed by atoms with Crippen molar-refractivity contribution < 1.29 is 24.1 Å². The minimum absolute atomic E-state index is 0.110. The molecule has 1 aliphatic rings. The Labute approximate surface area is 162 Å². The Morgan fingerprint density at radius 3 is 2.56 bits per heavy atom. The number of carbonyl (C=O) groups excluding carboxylic acids is 1. The Hall–Kier alpha value is -2.19. The molecule has 0 aliphatic carbocycles. The molecule has 1 aromatic carbocycles. The molecule has 27 heavy (non-hydrogen) atoms. The van der Waals surface area contributed by atoms with Crippen LogP contribution in [0.4, 0.5) is 0 Å². The summed E-state index contributed by atoms with van der Waals surface area (Å²) in [5, 5.41) is 12.3. The average Bonchev–Trinajstić information content (AvgIpc) is 3.28. The van der Waals surface area contributed by atoms with Gasteiger partial charge < -0.3 is 19.3 Å². The Bertz CT molecular complexity index is 808. The van der Waals surface area contributed by atoms with Crippen molar-refractivity contribution in [1.82, 2.24) is 4.90 Å². The van der Waals surface area contributed by atoms with E-state index in [0.717, 1.165) is 4.88 Å². The number of thiophene rings is 1. The summed E-state index contributed by atoms with van der Waals surface area (Å²) < 4.78 is 16.2. The van der Waals surface area contributed by atoms with Gasteiger partial charge in [-0.25, -0.2) is 0 Å². The molecule has 0 atom stereocenters. The Kier molecular flexibility index (Phi) is 6.63. The van der Waals surface area contributed by atoms with Gasteiger partial charge in [-0.1, -0.05) is 6.07 Å². The van der Waals surface area contributed by atoms with E-state index in [1.54, 1.807) is 32.4 Å². The van der Waals surface area contributed by atoms with E-state index >= 15 is 0 Å². The number of nitrogens with zero attached hydrogens (tertiary/aromatic N) is 1. The number of rotatable bonds is 9. The molecule has 0 spiro atoms. The third kappa shape index (κ3) is 4.56. The summed E-state index contributed by atoms with van der Waals surface area (Å²) >= 11 is 1.53. The van der Waals surface area contributed by atoms with Crippen molar-refractivity contribution in [3.8, 4) is 11.5 Å². The van der Waals surface area contributed by atoms with Crippen LogP contribution in [0.5, 0.6) is 11.5 Å². The Morgan fingerprint density at radius 1 is 1.19 bits per heavy atom. The van der Waals surface area contributed by atoms with E-state index in [1.165, 1.54) is 11.3 Å². The van der Waals surface area contributed by atoms with E-state index in [2.05, 4.69) is 4.90 Å². The lowest BCUT2D eigenvalue weighted by atomic mass is 10.0. The summed E-state index contributed by atoms with van der Waals surface area (Å²) in [6.45, 7) is 2.90. The largest absolute Gasteiger partial charge is 0.507 e. The number of aromatic hydroxyl groups is 1. The number of hydrogen-bond acceptors (Lipinski definition) is 7. The van der Waals surface area contributed by atoms with Gasteiger partial charge >= 0.3 is 0 Å². The highest BCUT2D eigenvalue weighted by atomic mass is 32.1. The number of fused-ring (bicyclic) bond motifs is 1. The van der Waals surface area contributed by atoms with Crippen LogP contribution in [0.1, 0.15) is 20.8 Å². The summed E-state index contributed by atoms with van der Waals surface area (Å²) in [5.74, 6) is 0.654. The molecule has 1 aromatic heterocycles. The third-order valence-corrected chi connectivity index (χ3v) is 5.16. The number of phenolic OH excluding ortho intramolecular Hbond substituents is 1. The number of hydrogen-bond donors (Lipinski definition) is 1. The smallest absolute Gasteiger partial charge is 0.232 e. The van der Waals surface area contributed by atoms with E-state index in [-0.39, 0.29) is 17.3 Å². The van der Waals surface area contributed by atoms with Gasteiger partial charge in [-0.2, -0.15) is 0 Å². The number of ether oxygens (including phenoxy) is 3. The van der Waals surface area contributed by atoms with Crippen LogP contribution in [0.2, 0.25) is 0 Å². The van der Waals surface area contributed by atoms with Crippen LogP contribution in [0.3, 0.4) is 0 Å². The van der Waals surface area contributed by atoms with Crippen LogP contribution in [-0.4, -0.2) is 56.3 Å². The quantitative estimate of drug-likeness (QED) is 0.665. The first-order valence-corrected chi connectivity index (χ1v) is 9.54. The highest BCUT2D eigenvalue weighted by molar-refractivity contribution is 7.10. The fourth-order valence-corrected chi connectivity index (χ4v) is 3.53. The molecule has 1 N–H and O–H groups in total. The van der Waals surface area contributed by atoms with Gasteiger partial charge in [0.15, 0.2) is 5.76 Å². The summed E-state index contributed by atoms with van der Waals surface area (Å²) in [6, 6.07) is 7.01. The molecule has 3 rings (SSSR count). The van der Waals surface area contributed by atoms with Crippen molar-refractivity contribution in [2.45, 2.75) is 6.54 Å². The van der Waals surface area contributed by atoms with Crippen LogP contribution in [0, 0.1) is 0 Å². The van der Waals surface area contributed by atoms with Gasteiger partial charge in [-0.05, 0) is 23.6 Å². The first kappa shape index (κ1) is 19.6. The van der Waals surface area contributed by atoms with Crippen molar-refractivity contribution in [2.75, 3.05) is 40.5 Å². The molecule has 6 nitrogen and oxygen atoms in total. The minimum Gasteiger partial charge on any atom is -0.507 e. The van der Waals surface area contributed by atoms with Gasteiger partial charge in [0.05, 0.1) is 24.3 Å². The fraction of sp³-hybridized carbons (Fsp3) is 0.350. The van der Waals surface area contributed by atoms with E-state index in [1.807, 2.05) is 17.5 Å². The molecule has 144 valence electrons. The van der Waals surface area contributed by atoms with Gasteiger partial charge in [0.1, 0.15) is 11.5 Å². The molecule has 0 saturated heterocycles. The maximum absolute atomic E-state index is 12.7.